The van der Waals surface area contributed by atoms with Gasteiger partial charge in [-0.3, -0.25) is 9.48 Å². The SMILES string of the molecule is CCOC(C(=O)c1c(Br)cnn1CCOC)C1CC1. The molecule has 0 aliphatic heterocycles. The molecule has 6 heteroatoms. The largest absolute Gasteiger partial charge is 0.383 e. The van der Waals surface area contributed by atoms with E-state index in [0.717, 1.165) is 17.3 Å². The van der Waals surface area contributed by atoms with Crippen molar-refractivity contribution in [3.63, 3.8) is 0 Å². The van der Waals surface area contributed by atoms with Gasteiger partial charge in [-0.25, -0.2) is 0 Å². The van der Waals surface area contributed by atoms with E-state index in [4.69, 9.17) is 9.47 Å². The Hall–Kier alpha value is -0.720. The number of halogens is 1. The number of ketones is 1. The zero-order valence-corrected chi connectivity index (χ0v) is 12.9. The molecule has 1 aromatic rings. The van der Waals surface area contributed by atoms with Gasteiger partial charge in [0, 0.05) is 13.7 Å². The topological polar surface area (TPSA) is 53.3 Å². The van der Waals surface area contributed by atoms with Crippen molar-refractivity contribution in [2.24, 2.45) is 5.92 Å². The average Bonchev–Trinajstić information content (AvgIpc) is 3.17. The zero-order chi connectivity index (χ0) is 13.8. The van der Waals surface area contributed by atoms with E-state index in [0.29, 0.717) is 31.4 Å². The average molecular weight is 331 g/mol. The molecule has 0 N–H and O–H groups in total. The van der Waals surface area contributed by atoms with Crippen molar-refractivity contribution in [3.8, 4) is 0 Å². The molecular formula is C13H19BrN2O3. The zero-order valence-electron chi connectivity index (χ0n) is 11.3. The van der Waals surface area contributed by atoms with Crippen molar-refractivity contribution >= 4 is 21.7 Å². The van der Waals surface area contributed by atoms with Crippen LogP contribution < -0.4 is 0 Å². The molecular weight excluding hydrogens is 312 g/mol. The summed E-state index contributed by atoms with van der Waals surface area (Å²) in [4.78, 5) is 12.6. The highest BCUT2D eigenvalue weighted by atomic mass is 79.9. The predicted octanol–water partition coefficient (Wildman–Crippen LogP) is 2.29. The minimum absolute atomic E-state index is 0.0184. The van der Waals surface area contributed by atoms with Gasteiger partial charge >= 0.3 is 0 Å². The second-order valence-corrected chi connectivity index (χ2v) is 5.49. The van der Waals surface area contributed by atoms with Gasteiger partial charge in [0.05, 0.1) is 23.8 Å². The predicted molar refractivity (Wildman–Crippen MR) is 74.3 cm³/mol. The second-order valence-electron chi connectivity index (χ2n) is 4.63. The molecule has 1 aromatic heterocycles. The van der Waals surface area contributed by atoms with Crippen LogP contribution in [-0.2, 0) is 16.0 Å². The highest BCUT2D eigenvalue weighted by molar-refractivity contribution is 9.10. The Bertz CT molecular complexity index is 443. The number of methoxy groups -OCH3 is 1. The molecule has 0 radical (unpaired) electrons. The van der Waals surface area contributed by atoms with Crippen molar-refractivity contribution in [1.82, 2.24) is 9.78 Å². The first-order valence-corrected chi connectivity index (χ1v) is 7.34. The molecule has 0 amide bonds. The first kappa shape index (κ1) is 14.7. The summed E-state index contributed by atoms with van der Waals surface area (Å²) < 4.78 is 13.1. The van der Waals surface area contributed by atoms with Crippen molar-refractivity contribution in [3.05, 3.63) is 16.4 Å². The van der Waals surface area contributed by atoms with Gasteiger partial charge in [-0.05, 0) is 41.6 Å². The lowest BCUT2D eigenvalue weighted by Gasteiger charge is -2.16. The van der Waals surface area contributed by atoms with Gasteiger partial charge < -0.3 is 9.47 Å². The molecule has 5 nitrogen and oxygen atoms in total. The van der Waals surface area contributed by atoms with Crippen LogP contribution >= 0.6 is 15.9 Å². The number of hydrogen-bond donors (Lipinski definition) is 0. The number of carbonyl (C=O) groups excluding carboxylic acids is 1. The Kier molecular flexibility index (Phi) is 5.13. The summed E-state index contributed by atoms with van der Waals surface area (Å²) in [7, 11) is 1.63. The van der Waals surface area contributed by atoms with E-state index in [9.17, 15) is 4.79 Å². The van der Waals surface area contributed by atoms with Gasteiger partial charge in [0.1, 0.15) is 11.8 Å². The van der Waals surface area contributed by atoms with E-state index in [1.54, 1.807) is 18.0 Å². The minimum Gasteiger partial charge on any atom is -0.383 e. The van der Waals surface area contributed by atoms with Gasteiger partial charge in [0.25, 0.3) is 0 Å². The lowest BCUT2D eigenvalue weighted by atomic mass is 10.1. The van der Waals surface area contributed by atoms with Crippen molar-refractivity contribution in [2.75, 3.05) is 20.3 Å². The minimum atomic E-state index is -0.334. The molecule has 1 aliphatic rings. The summed E-state index contributed by atoms with van der Waals surface area (Å²) in [5.41, 5.74) is 0.586. The molecule has 2 rings (SSSR count). The normalized spacial score (nSPS) is 16.6. The molecule has 1 unspecified atom stereocenters. The number of hydrogen-bond acceptors (Lipinski definition) is 4. The van der Waals surface area contributed by atoms with E-state index < -0.39 is 0 Å². The summed E-state index contributed by atoms with van der Waals surface area (Å²) in [6.45, 7) is 3.56. The summed E-state index contributed by atoms with van der Waals surface area (Å²) >= 11 is 3.40. The molecule has 0 saturated heterocycles. The van der Waals surface area contributed by atoms with Crippen molar-refractivity contribution in [2.45, 2.75) is 32.4 Å². The first-order chi connectivity index (χ1) is 9.19. The lowest BCUT2D eigenvalue weighted by molar-refractivity contribution is 0.0363. The van der Waals surface area contributed by atoms with Gasteiger partial charge in [-0.15, -0.1) is 0 Å². The van der Waals surface area contributed by atoms with Crippen LogP contribution in [0.4, 0.5) is 0 Å². The monoisotopic (exact) mass is 330 g/mol. The van der Waals surface area contributed by atoms with E-state index in [-0.39, 0.29) is 11.9 Å². The number of aromatic nitrogens is 2. The number of ether oxygens (including phenoxy) is 2. The third kappa shape index (κ3) is 3.43. The molecule has 1 heterocycles. The third-order valence-electron chi connectivity index (χ3n) is 3.19. The summed E-state index contributed by atoms with van der Waals surface area (Å²) in [5.74, 6) is 0.384. The van der Waals surface area contributed by atoms with E-state index in [2.05, 4.69) is 21.0 Å². The highest BCUT2D eigenvalue weighted by Gasteiger charge is 2.39. The Balaban J connectivity index is 2.18. The van der Waals surface area contributed by atoms with Crippen LogP contribution in [-0.4, -0.2) is 42.0 Å². The van der Waals surface area contributed by atoms with Gasteiger partial charge in [-0.1, -0.05) is 0 Å². The number of nitrogens with zero attached hydrogens (tertiary/aromatic N) is 2. The van der Waals surface area contributed by atoms with Gasteiger partial charge in [0.15, 0.2) is 0 Å². The van der Waals surface area contributed by atoms with Crippen LogP contribution in [0.15, 0.2) is 10.7 Å². The first-order valence-electron chi connectivity index (χ1n) is 6.55. The Morgan fingerprint density at radius 3 is 2.95 bits per heavy atom. The standard InChI is InChI=1S/C13H19BrN2O3/c1-3-19-13(9-4-5-9)12(17)11-10(14)8-15-16(11)6-7-18-2/h8-9,13H,3-7H2,1-2H3. The maximum Gasteiger partial charge on any atom is 0.210 e. The summed E-state index contributed by atoms with van der Waals surface area (Å²) in [5, 5.41) is 4.21. The van der Waals surface area contributed by atoms with E-state index >= 15 is 0 Å². The van der Waals surface area contributed by atoms with Gasteiger partial charge in [0.2, 0.25) is 5.78 Å². The second kappa shape index (κ2) is 6.63. The fourth-order valence-electron chi connectivity index (χ4n) is 2.09. The van der Waals surface area contributed by atoms with E-state index in [1.807, 2.05) is 6.92 Å². The Morgan fingerprint density at radius 1 is 1.63 bits per heavy atom. The van der Waals surface area contributed by atoms with E-state index in [1.165, 1.54) is 0 Å². The van der Waals surface area contributed by atoms with Crippen molar-refractivity contribution in [1.29, 1.82) is 0 Å². The quantitative estimate of drug-likeness (QED) is 0.686. The van der Waals surface area contributed by atoms with Crippen LogP contribution in [0.25, 0.3) is 0 Å². The Labute approximate surface area is 121 Å². The lowest BCUT2D eigenvalue weighted by Crippen LogP contribution is -2.29. The van der Waals surface area contributed by atoms with Crippen LogP contribution in [0.3, 0.4) is 0 Å². The summed E-state index contributed by atoms with van der Waals surface area (Å²) in [6, 6.07) is 0. The number of Topliss-reactive ketones (excluding diaryl/α,β-unsaturated/α-hetero) is 1. The number of carbonyl (C=O) groups is 1. The molecule has 1 atom stereocenters. The fraction of sp³-hybridized carbons (Fsp3) is 0.692. The summed E-state index contributed by atoms with van der Waals surface area (Å²) in [6.07, 6.45) is 3.46. The van der Waals surface area contributed by atoms with Crippen molar-refractivity contribution < 1.29 is 14.3 Å². The molecule has 1 aliphatic carbocycles. The maximum atomic E-state index is 12.6. The molecule has 1 fully saturated rings. The molecule has 1 saturated carbocycles. The Morgan fingerprint density at radius 2 is 2.37 bits per heavy atom. The number of rotatable bonds is 8. The fourth-order valence-corrected chi connectivity index (χ4v) is 2.59. The molecule has 0 aromatic carbocycles. The molecule has 0 bridgehead atoms. The smallest absolute Gasteiger partial charge is 0.210 e. The highest BCUT2D eigenvalue weighted by Crippen LogP contribution is 2.36. The van der Waals surface area contributed by atoms with Gasteiger partial charge in [-0.2, -0.15) is 5.10 Å². The molecule has 0 spiro atoms. The third-order valence-corrected chi connectivity index (χ3v) is 3.77. The molecule has 106 valence electrons. The van der Waals surface area contributed by atoms with Crippen LogP contribution in [0.1, 0.15) is 30.3 Å². The van der Waals surface area contributed by atoms with Crippen LogP contribution in [0.2, 0.25) is 0 Å². The van der Waals surface area contributed by atoms with Crippen LogP contribution in [0.5, 0.6) is 0 Å². The molecule has 19 heavy (non-hydrogen) atoms. The van der Waals surface area contributed by atoms with Crippen LogP contribution in [0, 0.1) is 5.92 Å². The maximum absolute atomic E-state index is 12.6.